The van der Waals surface area contributed by atoms with E-state index < -0.39 is 18.0 Å². The largest absolute Gasteiger partial charge is 0.481 e. The Morgan fingerprint density at radius 1 is 1.14 bits per heavy atom. The fourth-order valence-electron chi connectivity index (χ4n) is 3.43. The monoisotopic (exact) mass is 301 g/mol. The molecule has 0 aliphatic heterocycles. The summed E-state index contributed by atoms with van der Waals surface area (Å²) >= 11 is 0. The Labute approximate surface area is 129 Å². The third-order valence-corrected chi connectivity index (χ3v) is 4.53. The zero-order valence-electron chi connectivity index (χ0n) is 12.1. The normalized spacial score (nSPS) is 29.1. The Morgan fingerprint density at radius 2 is 1.82 bits per heavy atom. The third kappa shape index (κ3) is 2.98. The van der Waals surface area contributed by atoms with E-state index in [2.05, 4.69) is 5.32 Å². The van der Waals surface area contributed by atoms with Gasteiger partial charge in [-0.25, -0.2) is 4.79 Å². The van der Waals surface area contributed by atoms with Crippen LogP contribution >= 0.6 is 0 Å². The number of aliphatic carboxylic acids is 1. The molecule has 3 aliphatic rings. The van der Waals surface area contributed by atoms with E-state index in [0.717, 1.165) is 18.4 Å². The maximum absolute atomic E-state index is 12.0. The number of carbonyl (C=O) groups is 2. The first-order chi connectivity index (χ1) is 10.6. The number of carboxylic acid groups (broad SMARTS) is 1. The van der Waals surface area contributed by atoms with Crippen molar-refractivity contribution in [1.29, 1.82) is 0 Å². The maximum Gasteiger partial charge on any atom is 0.407 e. The molecule has 1 saturated carbocycles. The van der Waals surface area contributed by atoms with Crippen LogP contribution in [0.1, 0.15) is 18.4 Å². The molecule has 3 aliphatic carbocycles. The van der Waals surface area contributed by atoms with Gasteiger partial charge < -0.3 is 15.2 Å². The first-order valence-electron chi connectivity index (χ1n) is 7.53. The van der Waals surface area contributed by atoms with E-state index >= 15 is 0 Å². The molecule has 0 heterocycles. The van der Waals surface area contributed by atoms with Gasteiger partial charge in [0, 0.05) is 0 Å². The van der Waals surface area contributed by atoms with Crippen LogP contribution in [0.5, 0.6) is 0 Å². The topological polar surface area (TPSA) is 75.6 Å². The van der Waals surface area contributed by atoms with E-state index in [4.69, 9.17) is 4.74 Å². The summed E-state index contributed by atoms with van der Waals surface area (Å²) in [5.41, 5.74) is 0.900. The van der Waals surface area contributed by atoms with Crippen LogP contribution < -0.4 is 5.32 Å². The van der Waals surface area contributed by atoms with Crippen LogP contribution in [0, 0.1) is 17.8 Å². The number of allylic oxidation sites excluding steroid dienone is 1. The minimum atomic E-state index is -0.854. The molecular weight excluding hydrogens is 282 g/mol. The molecule has 5 nitrogen and oxygen atoms in total. The van der Waals surface area contributed by atoms with Crippen molar-refractivity contribution in [2.75, 3.05) is 0 Å². The van der Waals surface area contributed by atoms with Crippen LogP contribution in [-0.2, 0) is 16.1 Å². The highest BCUT2D eigenvalue weighted by Gasteiger charge is 2.45. The number of ether oxygens (including phenoxy) is 1. The van der Waals surface area contributed by atoms with Gasteiger partial charge in [-0.2, -0.15) is 0 Å². The van der Waals surface area contributed by atoms with Crippen LogP contribution in [0.15, 0.2) is 42.5 Å². The van der Waals surface area contributed by atoms with Crippen molar-refractivity contribution in [3.63, 3.8) is 0 Å². The summed E-state index contributed by atoms with van der Waals surface area (Å²) in [7, 11) is 0. The minimum absolute atomic E-state index is 0.00178. The Kier molecular flexibility index (Phi) is 4.13. The van der Waals surface area contributed by atoms with E-state index in [1.165, 1.54) is 0 Å². The number of hydrogen-bond donors (Lipinski definition) is 2. The summed E-state index contributed by atoms with van der Waals surface area (Å²) in [5.74, 6) is -1.34. The SMILES string of the molecule is O=C(NC1C2C=CC(CC2)C1C(=O)O)OCc1ccccc1. The van der Waals surface area contributed by atoms with Gasteiger partial charge in [0.2, 0.25) is 0 Å². The second-order valence-corrected chi connectivity index (χ2v) is 5.89. The average Bonchev–Trinajstić information content (AvgIpc) is 2.54. The molecular formula is C17H19NO4. The molecule has 2 bridgehead atoms. The van der Waals surface area contributed by atoms with E-state index in [1.54, 1.807) is 0 Å². The molecule has 4 atom stereocenters. The van der Waals surface area contributed by atoms with Crippen LogP contribution in [-0.4, -0.2) is 23.2 Å². The van der Waals surface area contributed by atoms with Crippen LogP contribution in [0.2, 0.25) is 0 Å². The lowest BCUT2D eigenvalue weighted by Crippen LogP contribution is -2.54. The van der Waals surface area contributed by atoms with E-state index in [1.807, 2.05) is 42.5 Å². The molecule has 22 heavy (non-hydrogen) atoms. The molecule has 2 N–H and O–H groups in total. The van der Waals surface area contributed by atoms with Gasteiger partial charge >= 0.3 is 12.1 Å². The summed E-state index contributed by atoms with van der Waals surface area (Å²) in [4.78, 5) is 23.5. The van der Waals surface area contributed by atoms with E-state index in [9.17, 15) is 14.7 Å². The number of hydrogen-bond acceptors (Lipinski definition) is 3. The van der Waals surface area contributed by atoms with Crippen LogP contribution in [0.3, 0.4) is 0 Å². The molecule has 0 saturated heterocycles. The van der Waals surface area contributed by atoms with Gasteiger partial charge in [0.05, 0.1) is 12.0 Å². The molecule has 0 spiro atoms. The lowest BCUT2D eigenvalue weighted by atomic mass is 9.66. The number of benzene rings is 1. The average molecular weight is 301 g/mol. The van der Waals surface area contributed by atoms with Crippen molar-refractivity contribution in [3.05, 3.63) is 48.0 Å². The highest BCUT2D eigenvalue weighted by Crippen LogP contribution is 2.40. The Bertz CT molecular complexity index is 584. The number of fused-ring (bicyclic) bond motifs is 2. The van der Waals surface area contributed by atoms with Crippen LogP contribution in [0.25, 0.3) is 0 Å². The lowest BCUT2D eigenvalue weighted by Gasteiger charge is -2.42. The molecule has 4 unspecified atom stereocenters. The minimum Gasteiger partial charge on any atom is -0.481 e. The Balaban J connectivity index is 1.60. The van der Waals surface area contributed by atoms with Crippen molar-refractivity contribution in [2.45, 2.75) is 25.5 Å². The number of rotatable bonds is 4. The summed E-state index contributed by atoms with van der Waals surface area (Å²) in [6.45, 7) is 0.182. The maximum atomic E-state index is 12.0. The molecule has 1 aromatic rings. The van der Waals surface area contributed by atoms with Crippen molar-refractivity contribution < 1.29 is 19.4 Å². The predicted octanol–water partition coefficient (Wildman–Crippen LogP) is 2.58. The van der Waals surface area contributed by atoms with Crippen molar-refractivity contribution >= 4 is 12.1 Å². The molecule has 0 aromatic heterocycles. The smallest absolute Gasteiger partial charge is 0.407 e. The summed E-state index contributed by atoms with van der Waals surface area (Å²) in [6.07, 6.45) is 5.22. The fraction of sp³-hybridized carbons (Fsp3) is 0.412. The van der Waals surface area contributed by atoms with E-state index in [0.29, 0.717) is 0 Å². The molecule has 4 rings (SSSR count). The quantitative estimate of drug-likeness (QED) is 0.838. The third-order valence-electron chi connectivity index (χ3n) is 4.53. The highest BCUT2D eigenvalue weighted by molar-refractivity contribution is 5.75. The molecule has 116 valence electrons. The Hall–Kier alpha value is -2.30. The van der Waals surface area contributed by atoms with Gasteiger partial charge in [-0.1, -0.05) is 42.5 Å². The van der Waals surface area contributed by atoms with Crippen LogP contribution in [0.4, 0.5) is 4.79 Å². The Morgan fingerprint density at radius 3 is 2.45 bits per heavy atom. The number of amides is 1. The zero-order chi connectivity index (χ0) is 15.5. The second kappa shape index (κ2) is 6.22. The zero-order valence-corrected chi connectivity index (χ0v) is 12.1. The summed E-state index contributed by atoms with van der Waals surface area (Å²) in [5, 5.41) is 12.2. The first-order valence-corrected chi connectivity index (χ1v) is 7.53. The van der Waals surface area contributed by atoms with Gasteiger partial charge in [0.1, 0.15) is 6.61 Å². The summed E-state index contributed by atoms with van der Waals surface area (Å²) in [6, 6.07) is 9.01. The van der Waals surface area contributed by atoms with Gasteiger partial charge in [-0.15, -0.1) is 0 Å². The predicted molar refractivity (Wildman–Crippen MR) is 80.0 cm³/mol. The number of nitrogens with one attached hydrogen (secondary N) is 1. The molecule has 1 aromatic carbocycles. The number of carbonyl (C=O) groups excluding carboxylic acids is 1. The molecule has 5 heteroatoms. The van der Waals surface area contributed by atoms with Gasteiger partial charge in [-0.3, -0.25) is 4.79 Å². The number of alkyl carbamates (subject to hydrolysis) is 1. The van der Waals surface area contributed by atoms with Crippen molar-refractivity contribution in [1.82, 2.24) is 5.32 Å². The van der Waals surface area contributed by atoms with Crippen molar-refractivity contribution in [3.8, 4) is 0 Å². The van der Waals surface area contributed by atoms with Gasteiger partial charge in [0.15, 0.2) is 0 Å². The highest BCUT2D eigenvalue weighted by atomic mass is 16.5. The molecule has 0 radical (unpaired) electrons. The first kappa shape index (κ1) is 14.6. The van der Waals surface area contributed by atoms with Gasteiger partial charge in [0.25, 0.3) is 0 Å². The van der Waals surface area contributed by atoms with Gasteiger partial charge in [-0.05, 0) is 30.2 Å². The second-order valence-electron chi connectivity index (χ2n) is 5.89. The summed E-state index contributed by atoms with van der Waals surface area (Å²) < 4.78 is 5.20. The lowest BCUT2D eigenvalue weighted by molar-refractivity contribution is -0.146. The fourth-order valence-corrected chi connectivity index (χ4v) is 3.43. The number of carboxylic acids is 1. The molecule has 1 amide bonds. The van der Waals surface area contributed by atoms with Crippen molar-refractivity contribution in [2.24, 2.45) is 17.8 Å². The molecule has 1 fully saturated rings. The standard InChI is InChI=1S/C17H19NO4/c19-16(20)14-12-6-8-13(9-7-12)15(14)18-17(21)22-10-11-4-2-1-3-5-11/h1-6,8,12-15H,7,9-10H2,(H,18,21)(H,19,20). The van der Waals surface area contributed by atoms with E-state index in [-0.39, 0.29) is 24.5 Å².